The van der Waals surface area contributed by atoms with Crippen molar-refractivity contribution in [2.45, 2.75) is 32.2 Å². The van der Waals surface area contributed by atoms with Crippen molar-refractivity contribution in [2.75, 3.05) is 43.4 Å². The number of likely N-dealkylation sites (N-methyl/N-ethyl adjacent to an activating group) is 1. The minimum absolute atomic E-state index is 0.0828. The van der Waals surface area contributed by atoms with Crippen LogP contribution in [0.15, 0.2) is 42.5 Å². The van der Waals surface area contributed by atoms with E-state index in [1.807, 2.05) is 25.1 Å². The standard InChI is InChI=1S/C24H30N4O2/c1-17-6-5-7-20(14-17)26-24(30)23(29)25-16-22(28-11-3-4-12-28)18-8-9-21-19(15-18)10-13-27(21)2/h5-9,14-15,22H,3-4,10-13,16H2,1-2H3,(H,25,29)(H,26,30). The molecule has 2 N–H and O–H groups in total. The van der Waals surface area contributed by atoms with Crippen molar-refractivity contribution in [3.63, 3.8) is 0 Å². The average molecular weight is 407 g/mol. The SMILES string of the molecule is Cc1cccc(NC(=O)C(=O)NCC(c2ccc3c(c2)CCN3C)N2CCCC2)c1. The smallest absolute Gasteiger partial charge is 0.313 e. The number of fused-ring (bicyclic) bond motifs is 1. The lowest BCUT2D eigenvalue weighted by Gasteiger charge is -2.28. The highest BCUT2D eigenvalue weighted by Crippen LogP contribution is 2.32. The maximum absolute atomic E-state index is 12.5. The third kappa shape index (κ3) is 4.49. The molecule has 2 aromatic rings. The molecule has 1 fully saturated rings. The van der Waals surface area contributed by atoms with Crippen LogP contribution in [0.1, 0.15) is 35.6 Å². The van der Waals surface area contributed by atoms with Crippen LogP contribution in [0.3, 0.4) is 0 Å². The molecule has 0 aromatic heterocycles. The number of hydrogen-bond donors (Lipinski definition) is 2. The molecule has 2 aliphatic rings. The molecule has 1 saturated heterocycles. The number of aryl methyl sites for hydroxylation is 1. The van der Waals surface area contributed by atoms with Crippen LogP contribution in [0.2, 0.25) is 0 Å². The highest BCUT2D eigenvalue weighted by Gasteiger charge is 2.27. The predicted molar refractivity (Wildman–Crippen MR) is 120 cm³/mol. The van der Waals surface area contributed by atoms with E-state index >= 15 is 0 Å². The Morgan fingerprint density at radius 2 is 1.83 bits per heavy atom. The molecule has 1 atom stereocenters. The predicted octanol–water partition coefficient (Wildman–Crippen LogP) is 2.88. The molecule has 2 amide bonds. The molecule has 1 unspecified atom stereocenters. The van der Waals surface area contributed by atoms with E-state index in [-0.39, 0.29) is 6.04 Å². The zero-order chi connectivity index (χ0) is 21.1. The second-order valence-electron chi connectivity index (χ2n) is 8.35. The Balaban J connectivity index is 1.44. The lowest BCUT2D eigenvalue weighted by atomic mass is 10.0. The topological polar surface area (TPSA) is 64.7 Å². The van der Waals surface area contributed by atoms with Gasteiger partial charge in [0.1, 0.15) is 0 Å². The number of carbonyl (C=O) groups excluding carboxylic acids is 2. The Hall–Kier alpha value is -2.86. The van der Waals surface area contributed by atoms with Crippen LogP contribution in [0.5, 0.6) is 0 Å². The Morgan fingerprint density at radius 3 is 2.60 bits per heavy atom. The van der Waals surface area contributed by atoms with Crippen molar-refractivity contribution in [2.24, 2.45) is 0 Å². The van der Waals surface area contributed by atoms with Gasteiger partial charge in [-0.1, -0.05) is 24.3 Å². The van der Waals surface area contributed by atoms with E-state index in [0.29, 0.717) is 12.2 Å². The summed E-state index contributed by atoms with van der Waals surface area (Å²) in [4.78, 5) is 29.5. The molecule has 4 rings (SSSR count). The summed E-state index contributed by atoms with van der Waals surface area (Å²) in [5, 5.41) is 5.55. The summed E-state index contributed by atoms with van der Waals surface area (Å²) >= 11 is 0. The number of likely N-dealkylation sites (tertiary alicyclic amines) is 1. The number of rotatable bonds is 5. The number of nitrogens with zero attached hydrogens (tertiary/aromatic N) is 2. The molecule has 158 valence electrons. The normalized spacial score (nSPS) is 16.9. The van der Waals surface area contributed by atoms with E-state index in [1.54, 1.807) is 6.07 Å². The Kier molecular flexibility index (Phi) is 6.04. The molecule has 6 heteroatoms. The zero-order valence-electron chi connectivity index (χ0n) is 17.8. The quantitative estimate of drug-likeness (QED) is 0.750. The van der Waals surface area contributed by atoms with E-state index < -0.39 is 11.8 Å². The minimum Gasteiger partial charge on any atom is -0.374 e. The molecule has 30 heavy (non-hydrogen) atoms. The van der Waals surface area contributed by atoms with Crippen molar-refractivity contribution >= 4 is 23.2 Å². The first kappa shape index (κ1) is 20.4. The largest absolute Gasteiger partial charge is 0.374 e. The van der Waals surface area contributed by atoms with Gasteiger partial charge >= 0.3 is 11.8 Å². The molecular weight excluding hydrogens is 376 g/mol. The fourth-order valence-corrected chi connectivity index (χ4v) is 4.49. The first-order valence-electron chi connectivity index (χ1n) is 10.7. The van der Waals surface area contributed by atoms with E-state index in [9.17, 15) is 9.59 Å². The lowest BCUT2D eigenvalue weighted by Crippen LogP contribution is -2.41. The van der Waals surface area contributed by atoms with Gasteiger partial charge in [0, 0.05) is 31.5 Å². The first-order chi connectivity index (χ1) is 14.5. The number of anilines is 2. The molecule has 2 aromatic carbocycles. The fourth-order valence-electron chi connectivity index (χ4n) is 4.49. The van der Waals surface area contributed by atoms with E-state index in [2.05, 4.69) is 45.7 Å². The molecule has 2 aliphatic heterocycles. The van der Waals surface area contributed by atoms with Crippen LogP contribution in [0.25, 0.3) is 0 Å². The summed E-state index contributed by atoms with van der Waals surface area (Å²) < 4.78 is 0. The van der Waals surface area contributed by atoms with Gasteiger partial charge in [0.25, 0.3) is 0 Å². The van der Waals surface area contributed by atoms with Gasteiger partial charge in [-0.25, -0.2) is 0 Å². The van der Waals surface area contributed by atoms with E-state index in [1.165, 1.54) is 29.7 Å². The van der Waals surface area contributed by atoms with E-state index in [0.717, 1.165) is 31.6 Å². The molecule has 0 spiro atoms. The highest BCUT2D eigenvalue weighted by molar-refractivity contribution is 6.39. The van der Waals surface area contributed by atoms with Gasteiger partial charge < -0.3 is 15.5 Å². The van der Waals surface area contributed by atoms with Crippen molar-refractivity contribution in [3.8, 4) is 0 Å². The maximum Gasteiger partial charge on any atom is 0.313 e. The number of carbonyl (C=O) groups is 2. The summed E-state index contributed by atoms with van der Waals surface area (Å²) in [6, 6.07) is 14.2. The molecule has 6 nitrogen and oxygen atoms in total. The third-order valence-corrected chi connectivity index (χ3v) is 6.14. The van der Waals surface area contributed by atoms with Gasteiger partial charge in [-0.15, -0.1) is 0 Å². The highest BCUT2D eigenvalue weighted by atomic mass is 16.2. The zero-order valence-corrected chi connectivity index (χ0v) is 17.8. The summed E-state index contributed by atoms with van der Waals surface area (Å²) in [5.74, 6) is -1.22. The second-order valence-corrected chi connectivity index (χ2v) is 8.35. The molecule has 0 saturated carbocycles. The number of nitrogens with one attached hydrogen (secondary N) is 2. The number of amides is 2. The van der Waals surface area contributed by atoms with Gasteiger partial charge in [-0.2, -0.15) is 0 Å². The molecule has 2 heterocycles. The lowest BCUT2D eigenvalue weighted by molar-refractivity contribution is -0.136. The number of benzene rings is 2. The fraction of sp³-hybridized carbons (Fsp3) is 0.417. The number of hydrogen-bond acceptors (Lipinski definition) is 4. The maximum atomic E-state index is 12.5. The van der Waals surface area contributed by atoms with Crippen LogP contribution < -0.4 is 15.5 Å². The molecule has 0 bridgehead atoms. The van der Waals surface area contributed by atoms with Gasteiger partial charge in [-0.3, -0.25) is 14.5 Å². The van der Waals surface area contributed by atoms with Gasteiger partial charge in [0.15, 0.2) is 0 Å². The first-order valence-corrected chi connectivity index (χ1v) is 10.7. The Labute approximate surface area is 178 Å². The van der Waals surface area contributed by atoms with Gasteiger partial charge in [-0.05, 0) is 74.2 Å². The minimum atomic E-state index is -0.628. The van der Waals surface area contributed by atoms with Gasteiger partial charge in [0.2, 0.25) is 0 Å². The van der Waals surface area contributed by atoms with Crippen molar-refractivity contribution < 1.29 is 9.59 Å². The summed E-state index contributed by atoms with van der Waals surface area (Å²) in [5.41, 5.74) is 5.53. The Morgan fingerprint density at radius 1 is 1.03 bits per heavy atom. The average Bonchev–Trinajstić information content (AvgIpc) is 3.38. The molecular formula is C24H30N4O2. The van der Waals surface area contributed by atoms with Crippen LogP contribution in [0.4, 0.5) is 11.4 Å². The molecule has 0 aliphatic carbocycles. The second kappa shape index (κ2) is 8.88. The summed E-state index contributed by atoms with van der Waals surface area (Å²) in [7, 11) is 2.12. The van der Waals surface area contributed by atoms with Crippen LogP contribution >= 0.6 is 0 Å². The van der Waals surface area contributed by atoms with Crippen molar-refractivity contribution in [1.82, 2.24) is 10.2 Å². The van der Waals surface area contributed by atoms with Crippen molar-refractivity contribution in [3.05, 3.63) is 59.2 Å². The van der Waals surface area contributed by atoms with Gasteiger partial charge in [0.05, 0.1) is 6.04 Å². The van der Waals surface area contributed by atoms with Crippen LogP contribution in [-0.2, 0) is 16.0 Å². The van der Waals surface area contributed by atoms with Crippen LogP contribution in [0, 0.1) is 6.92 Å². The van der Waals surface area contributed by atoms with E-state index in [4.69, 9.17) is 0 Å². The molecule has 0 radical (unpaired) electrons. The Bertz CT molecular complexity index is 937. The van der Waals surface area contributed by atoms with Crippen molar-refractivity contribution in [1.29, 1.82) is 0 Å². The monoisotopic (exact) mass is 406 g/mol. The summed E-state index contributed by atoms with van der Waals surface area (Å²) in [6.07, 6.45) is 3.40. The van der Waals surface area contributed by atoms with Crippen LogP contribution in [-0.4, -0.2) is 49.9 Å². The third-order valence-electron chi connectivity index (χ3n) is 6.14. The summed E-state index contributed by atoms with van der Waals surface area (Å²) in [6.45, 7) is 5.46.